The van der Waals surface area contributed by atoms with Crippen molar-refractivity contribution in [2.75, 3.05) is 5.32 Å². The molecular formula is C18H17N3O2S. The minimum Gasteiger partial charge on any atom is -0.411 e. The Kier molecular flexibility index (Phi) is 5.28. The third-order valence-corrected chi connectivity index (χ3v) is 4.57. The maximum atomic E-state index is 12.4. The van der Waals surface area contributed by atoms with Gasteiger partial charge in [-0.25, -0.2) is 0 Å². The molecule has 0 aliphatic carbocycles. The van der Waals surface area contributed by atoms with E-state index in [1.165, 1.54) is 11.8 Å². The van der Waals surface area contributed by atoms with Crippen molar-refractivity contribution < 1.29 is 9.21 Å². The van der Waals surface area contributed by atoms with Crippen molar-refractivity contribution in [1.82, 2.24) is 10.2 Å². The summed E-state index contributed by atoms with van der Waals surface area (Å²) in [6.45, 7) is 1.96. The molecule has 2 aromatic carbocycles. The molecule has 6 heteroatoms. The molecule has 122 valence electrons. The van der Waals surface area contributed by atoms with Crippen LogP contribution in [0.4, 0.5) is 5.69 Å². The Morgan fingerprint density at radius 1 is 1.08 bits per heavy atom. The summed E-state index contributed by atoms with van der Waals surface area (Å²) in [7, 11) is 0. The number of rotatable bonds is 6. The van der Waals surface area contributed by atoms with Gasteiger partial charge in [-0.1, -0.05) is 55.1 Å². The van der Waals surface area contributed by atoms with Gasteiger partial charge in [-0.2, -0.15) is 0 Å². The van der Waals surface area contributed by atoms with Crippen molar-refractivity contribution in [3.63, 3.8) is 0 Å². The number of carbonyl (C=O) groups is 1. The predicted octanol–water partition coefficient (Wildman–Crippen LogP) is 4.25. The van der Waals surface area contributed by atoms with Crippen LogP contribution in [0.25, 0.3) is 11.5 Å². The topological polar surface area (TPSA) is 68.0 Å². The number of nitrogens with one attached hydrogen (secondary N) is 1. The molecule has 1 N–H and O–H groups in total. The summed E-state index contributed by atoms with van der Waals surface area (Å²) >= 11 is 1.28. The first-order valence-electron chi connectivity index (χ1n) is 7.67. The Labute approximate surface area is 144 Å². The number of hydrogen-bond acceptors (Lipinski definition) is 5. The van der Waals surface area contributed by atoms with Crippen LogP contribution in [0.5, 0.6) is 0 Å². The van der Waals surface area contributed by atoms with Gasteiger partial charge in [0.05, 0.1) is 5.25 Å². The summed E-state index contributed by atoms with van der Waals surface area (Å²) in [5, 5.41) is 11.1. The quantitative estimate of drug-likeness (QED) is 0.680. The molecule has 0 aliphatic rings. The molecule has 0 bridgehead atoms. The van der Waals surface area contributed by atoms with Crippen LogP contribution in [-0.2, 0) is 4.79 Å². The fourth-order valence-corrected chi connectivity index (χ4v) is 2.93. The highest BCUT2D eigenvalue weighted by Crippen LogP contribution is 2.28. The van der Waals surface area contributed by atoms with E-state index in [1.807, 2.05) is 67.6 Å². The molecule has 1 aromatic heterocycles. The van der Waals surface area contributed by atoms with Gasteiger partial charge in [0.15, 0.2) is 0 Å². The van der Waals surface area contributed by atoms with Gasteiger partial charge >= 0.3 is 0 Å². The molecule has 0 saturated heterocycles. The van der Waals surface area contributed by atoms with Gasteiger partial charge in [-0.05, 0) is 30.7 Å². The Hall–Kier alpha value is -2.60. The smallest absolute Gasteiger partial charge is 0.277 e. The average molecular weight is 339 g/mol. The summed E-state index contributed by atoms with van der Waals surface area (Å²) in [5.74, 6) is 0.379. The number of hydrogen-bond donors (Lipinski definition) is 1. The van der Waals surface area contributed by atoms with Crippen LogP contribution in [-0.4, -0.2) is 21.4 Å². The molecular weight excluding hydrogens is 322 g/mol. The SMILES string of the molecule is CC[C@@H](Sc1nnc(-c2ccccc2)o1)C(=O)Nc1ccccc1. The Bertz CT molecular complexity index is 790. The van der Waals surface area contributed by atoms with E-state index >= 15 is 0 Å². The molecule has 24 heavy (non-hydrogen) atoms. The van der Waals surface area contributed by atoms with Crippen LogP contribution < -0.4 is 5.32 Å². The van der Waals surface area contributed by atoms with Gasteiger partial charge in [0.25, 0.3) is 5.22 Å². The molecule has 0 unspecified atom stereocenters. The zero-order valence-electron chi connectivity index (χ0n) is 13.2. The van der Waals surface area contributed by atoms with Crippen LogP contribution in [0.15, 0.2) is 70.3 Å². The van der Waals surface area contributed by atoms with E-state index in [9.17, 15) is 4.79 Å². The molecule has 3 aromatic rings. The monoisotopic (exact) mass is 339 g/mol. The average Bonchev–Trinajstić information content (AvgIpc) is 3.10. The van der Waals surface area contributed by atoms with Crippen molar-refractivity contribution in [1.29, 1.82) is 0 Å². The number of carbonyl (C=O) groups excluding carboxylic acids is 1. The maximum absolute atomic E-state index is 12.4. The van der Waals surface area contributed by atoms with Crippen LogP contribution in [0.1, 0.15) is 13.3 Å². The molecule has 1 amide bonds. The van der Waals surface area contributed by atoms with E-state index in [-0.39, 0.29) is 11.2 Å². The zero-order chi connectivity index (χ0) is 16.8. The molecule has 5 nitrogen and oxygen atoms in total. The minimum absolute atomic E-state index is 0.0758. The summed E-state index contributed by atoms with van der Waals surface area (Å²) in [6, 6.07) is 18.9. The first-order chi connectivity index (χ1) is 11.8. The lowest BCUT2D eigenvalue weighted by atomic mass is 10.2. The van der Waals surface area contributed by atoms with Crippen LogP contribution in [0, 0.1) is 0 Å². The standard InChI is InChI=1S/C18H17N3O2S/c1-2-15(16(22)19-14-11-7-4-8-12-14)24-18-21-20-17(23-18)13-9-5-3-6-10-13/h3-12,15H,2H2,1H3,(H,19,22)/t15-/m1/s1. The molecule has 1 atom stereocenters. The second-order valence-electron chi connectivity index (χ2n) is 5.11. The number of para-hydroxylation sites is 1. The van der Waals surface area contributed by atoms with Gasteiger partial charge in [-0.3, -0.25) is 4.79 Å². The van der Waals surface area contributed by atoms with Crippen LogP contribution in [0.2, 0.25) is 0 Å². The zero-order valence-corrected chi connectivity index (χ0v) is 14.0. The number of thioether (sulfide) groups is 1. The second kappa shape index (κ2) is 7.79. The lowest BCUT2D eigenvalue weighted by molar-refractivity contribution is -0.115. The Balaban J connectivity index is 1.67. The van der Waals surface area contributed by atoms with Gasteiger partial charge in [0.2, 0.25) is 11.8 Å². The van der Waals surface area contributed by atoms with Gasteiger partial charge in [0, 0.05) is 11.3 Å². The number of aromatic nitrogens is 2. The van der Waals surface area contributed by atoms with E-state index in [4.69, 9.17) is 4.42 Å². The summed E-state index contributed by atoms with van der Waals surface area (Å²) in [5.41, 5.74) is 1.63. The van der Waals surface area contributed by atoms with Crippen LogP contribution in [0.3, 0.4) is 0 Å². The highest BCUT2D eigenvalue weighted by molar-refractivity contribution is 8.00. The lowest BCUT2D eigenvalue weighted by Crippen LogP contribution is -2.24. The normalized spacial score (nSPS) is 11.9. The van der Waals surface area contributed by atoms with Crippen molar-refractivity contribution in [3.05, 3.63) is 60.7 Å². The first kappa shape index (κ1) is 16.3. The number of amides is 1. The third-order valence-electron chi connectivity index (χ3n) is 3.37. The van der Waals surface area contributed by atoms with E-state index in [0.29, 0.717) is 17.5 Å². The molecule has 1 heterocycles. The molecule has 0 spiro atoms. The summed E-state index contributed by atoms with van der Waals surface area (Å²) < 4.78 is 5.66. The van der Waals surface area contributed by atoms with Gasteiger partial charge in [-0.15, -0.1) is 10.2 Å². The van der Waals surface area contributed by atoms with Crippen molar-refractivity contribution >= 4 is 23.4 Å². The molecule has 0 radical (unpaired) electrons. The molecule has 0 saturated carbocycles. The van der Waals surface area contributed by atoms with E-state index in [1.54, 1.807) is 0 Å². The maximum Gasteiger partial charge on any atom is 0.277 e. The van der Waals surface area contributed by atoms with Crippen molar-refractivity contribution in [2.24, 2.45) is 0 Å². The largest absolute Gasteiger partial charge is 0.411 e. The molecule has 0 aliphatic heterocycles. The van der Waals surface area contributed by atoms with Gasteiger partial charge in [0.1, 0.15) is 0 Å². The fourth-order valence-electron chi connectivity index (χ4n) is 2.14. The third kappa shape index (κ3) is 4.02. The molecule has 0 fully saturated rings. The highest BCUT2D eigenvalue weighted by atomic mass is 32.2. The number of anilines is 1. The van der Waals surface area contributed by atoms with E-state index in [2.05, 4.69) is 15.5 Å². The summed E-state index contributed by atoms with van der Waals surface area (Å²) in [6.07, 6.45) is 0.659. The fraction of sp³-hybridized carbons (Fsp3) is 0.167. The Morgan fingerprint density at radius 3 is 2.42 bits per heavy atom. The predicted molar refractivity (Wildman–Crippen MR) is 94.7 cm³/mol. The van der Waals surface area contributed by atoms with Crippen molar-refractivity contribution in [2.45, 2.75) is 23.8 Å². The minimum atomic E-state index is -0.297. The second-order valence-corrected chi connectivity index (χ2v) is 6.26. The van der Waals surface area contributed by atoms with Gasteiger partial charge < -0.3 is 9.73 Å². The number of nitrogens with zero attached hydrogens (tertiary/aromatic N) is 2. The molecule has 3 rings (SSSR count). The summed E-state index contributed by atoms with van der Waals surface area (Å²) in [4.78, 5) is 12.4. The van der Waals surface area contributed by atoms with Crippen LogP contribution >= 0.6 is 11.8 Å². The van der Waals surface area contributed by atoms with Crippen molar-refractivity contribution in [3.8, 4) is 11.5 Å². The van der Waals surface area contributed by atoms with E-state index in [0.717, 1.165) is 11.3 Å². The van der Waals surface area contributed by atoms with E-state index < -0.39 is 0 Å². The first-order valence-corrected chi connectivity index (χ1v) is 8.55. The highest BCUT2D eigenvalue weighted by Gasteiger charge is 2.21. The number of benzene rings is 2. The lowest BCUT2D eigenvalue weighted by Gasteiger charge is -2.12. The Morgan fingerprint density at radius 2 is 1.75 bits per heavy atom.